The van der Waals surface area contributed by atoms with Crippen molar-refractivity contribution in [3.05, 3.63) is 93.2 Å². The third-order valence-corrected chi connectivity index (χ3v) is 5.92. The van der Waals surface area contributed by atoms with E-state index in [4.69, 9.17) is 9.47 Å². The number of aromatic amines is 1. The molecule has 1 aliphatic rings. The fourth-order valence-electron chi connectivity index (χ4n) is 3.93. The first-order chi connectivity index (χ1) is 16.6. The Morgan fingerprint density at radius 2 is 1.88 bits per heavy atom. The quantitative estimate of drug-likeness (QED) is 0.448. The Labute approximate surface area is 199 Å². The Kier molecular flexibility index (Phi) is 8.10. The molecule has 3 N–H and O–H groups in total. The van der Waals surface area contributed by atoms with Crippen LogP contribution in [0.4, 0.5) is 0 Å². The molecule has 2 atom stereocenters. The molecule has 0 spiro atoms. The van der Waals surface area contributed by atoms with Crippen LogP contribution < -0.4 is 10.9 Å². The fraction of sp³-hybridized carbons (Fsp3) is 0.333. The summed E-state index contributed by atoms with van der Waals surface area (Å²) >= 11 is 0. The van der Waals surface area contributed by atoms with Gasteiger partial charge in [0.05, 0.1) is 25.2 Å². The molecule has 2 aromatic carbocycles. The second-order valence-electron chi connectivity index (χ2n) is 8.39. The lowest BCUT2D eigenvalue weighted by Crippen LogP contribution is -2.28. The van der Waals surface area contributed by atoms with E-state index in [1.54, 1.807) is 7.11 Å². The van der Waals surface area contributed by atoms with Gasteiger partial charge < -0.3 is 24.9 Å². The summed E-state index contributed by atoms with van der Waals surface area (Å²) in [5, 5.41) is 13.5. The lowest BCUT2D eigenvalue weighted by Gasteiger charge is -2.16. The molecule has 7 heteroatoms. The maximum absolute atomic E-state index is 11.7. The maximum atomic E-state index is 11.7. The van der Waals surface area contributed by atoms with Crippen LogP contribution >= 0.6 is 0 Å². The van der Waals surface area contributed by atoms with Gasteiger partial charge in [0.25, 0.3) is 5.56 Å². The van der Waals surface area contributed by atoms with Gasteiger partial charge in [0.1, 0.15) is 0 Å². The van der Waals surface area contributed by atoms with Crippen LogP contribution in [-0.2, 0) is 22.4 Å². The zero-order valence-corrected chi connectivity index (χ0v) is 19.2. The Bertz CT molecular complexity index is 1190. The number of ether oxygens (including phenoxy) is 2. The standard InChI is InChI=1S/C27H29N3O4/c1-33-16-23(14-25-26(31)27(32)30-18-29-25)22-10-8-20(9-11-22)3-2-19-4-6-21(7-5-19)15-28-24-12-13-34-17-24/h4-11,18,23-24,28,31H,12-17H2,1H3,(H,29,30,32)/t23-,24+/m1/s1. The fourth-order valence-corrected chi connectivity index (χ4v) is 3.93. The molecular formula is C27H29N3O4. The van der Waals surface area contributed by atoms with Crippen LogP contribution in [0.3, 0.4) is 0 Å². The second kappa shape index (κ2) is 11.6. The highest BCUT2D eigenvalue weighted by atomic mass is 16.5. The SMILES string of the molecule is COC[C@@H](Cc1nc[nH]c(=O)c1O)c1ccc(C#Cc2ccc(CN[C@H]3CCOC3)cc2)cc1. The first kappa shape index (κ1) is 23.7. The van der Waals surface area contributed by atoms with Gasteiger partial charge in [-0.3, -0.25) is 4.79 Å². The van der Waals surface area contributed by atoms with Gasteiger partial charge in [-0.05, 0) is 41.8 Å². The van der Waals surface area contributed by atoms with Crippen molar-refractivity contribution in [2.24, 2.45) is 0 Å². The molecule has 1 aromatic heterocycles. The van der Waals surface area contributed by atoms with Gasteiger partial charge in [-0.1, -0.05) is 36.1 Å². The molecule has 176 valence electrons. The summed E-state index contributed by atoms with van der Waals surface area (Å²) in [6, 6.07) is 16.7. The van der Waals surface area contributed by atoms with E-state index in [-0.39, 0.29) is 11.7 Å². The summed E-state index contributed by atoms with van der Waals surface area (Å²) in [7, 11) is 1.63. The predicted molar refractivity (Wildman–Crippen MR) is 130 cm³/mol. The number of nitrogens with zero attached hydrogens (tertiary/aromatic N) is 1. The third-order valence-electron chi connectivity index (χ3n) is 5.92. The smallest absolute Gasteiger partial charge is 0.293 e. The van der Waals surface area contributed by atoms with Crippen molar-refractivity contribution in [2.45, 2.75) is 31.3 Å². The van der Waals surface area contributed by atoms with Gasteiger partial charge in [-0.2, -0.15) is 0 Å². The van der Waals surface area contributed by atoms with Crippen molar-refractivity contribution in [1.29, 1.82) is 0 Å². The zero-order valence-electron chi connectivity index (χ0n) is 19.2. The molecule has 0 unspecified atom stereocenters. The molecule has 2 heterocycles. The van der Waals surface area contributed by atoms with Crippen LogP contribution in [0.15, 0.2) is 59.7 Å². The third kappa shape index (κ3) is 6.33. The van der Waals surface area contributed by atoms with Crippen molar-refractivity contribution < 1.29 is 14.6 Å². The van der Waals surface area contributed by atoms with E-state index in [1.807, 2.05) is 36.4 Å². The molecule has 0 bridgehead atoms. The minimum Gasteiger partial charge on any atom is -0.502 e. The van der Waals surface area contributed by atoms with E-state index < -0.39 is 5.56 Å². The highest BCUT2D eigenvalue weighted by molar-refractivity contribution is 5.44. The largest absolute Gasteiger partial charge is 0.502 e. The maximum Gasteiger partial charge on any atom is 0.293 e. The number of methoxy groups -OCH3 is 1. The Morgan fingerprint density at radius 1 is 1.18 bits per heavy atom. The monoisotopic (exact) mass is 459 g/mol. The highest BCUT2D eigenvalue weighted by Gasteiger charge is 2.17. The molecule has 0 amide bonds. The van der Waals surface area contributed by atoms with Crippen LogP contribution in [-0.4, -0.2) is 48.0 Å². The van der Waals surface area contributed by atoms with Crippen molar-refractivity contribution in [3.63, 3.8) is 0 Å². The summed E-state index contributed by atoms with van der Waals surface area (Å²) in [6.45, 7) is 2.90. The number of aromatic hydroxyl groups is 1. The van der Waals surface area contributed by atoms with Crippen LogP contribution in [0.5, 0.6) is 5.75 Å². The molecule has 1 aliphatic heterocycles. The highest BCUT2D eigenvalue weighted by Crippen LogP contribution is 2.23. The van der Waals surface area contributed by atoms with Gasteiger partial charge in [-0.25, -0.2) is 4.98 Å². The van der Waals surface area contributed by atoms with E-state index in [2.05, 4.69) is 39.3 Å². The summed E-state index contributed by atoms with van der Waals surface area (Å²) in [6.07, 6.45) is 2.76. The summed E-state index contributed by atoms with van der Waals surface area (Å²) in [4.78, 5) is 18.1. The van der Waals surface area contributed by atoms with Crippen LogP contribution in [0.1, 0.15) is 40.3 Å². The van der Waals surface area contributed by atoms with E-state index in [0.717, 1.165) is 42.9 Å². The van der Waals surface area contributed by atoms with E-state index in [1.165, 1.54) is 11.9 Å². The first-order valence-corrected chi connectivity index (χ1v) is 11.4. The number of nitrogens with one attached hydrogen (secondary N) is 2. The molecule has 34 heavy (non-hydrogen) atoms. The van der Waals surface area contributed by atoms with Crippen molar-refractivity contribution >= 4 is 0 Å². The number of H-pyrrole nitrogens is 1. The van der Waals surface area contributed by atoms with Crippen molar-refractivity contribution in [3.8, 4) is 17.6 Å². The van der Waals surface area contributed by atoms with Crippen LogP contribution in [0.25, 0.3) is 0 Å². The summed E-state index contributed by atoms with van der Waals surface area (Å²) < 4.78 is 10.8. The van der Waals surface area contributed by atoms with E-state index in [9.17, 15) is 9.90 Å². The minimum atomic E-state index is -0.542. The predicted octanol–water partition coefficient (Wildman–Crippen LogP) is 2.73. The normalized spacial score (nSPS) is 16.1. The average molecular weight is 460 g/mol. The van der Waals surface area contributed by atoms with Crippen molar-refractivity contribution in [1.82, 2.24) is 15.3 Å². The van der Waals surface area contributed by atoms with Gasteiger partial charge in [0.15, 0.2) is 0 Å². The van der Waals surface area contributed by atoms with Gasteiger partial charge >= 0.3 is 0 Å². The zero-order chi connectivity index (χ0) is 23.8. The Hall–Kier alpha value is -3.44. The second-order valence-corrected chi connectivity index (χ2v) is 8.39. The van der Waals surface area contributed by atoms with Gasteiger partial charge in [0, 0.05) is 49.8 Å². The first-order valence-electron chi connectivity index (χ1n) is 11.4. The van der Waals surface area contributed by atoms with E-state index in [0.29, 0.717) is 24.8 Å². The Balaban J connectivity index is 1.39. The topological polar surface area (TPSA) is 96.5 Å². The molecule has 1 fully saturated rings. The van der Waals surface area contributed by atoms with Crippen molar-refractivity contribution in [2.75, 3.05) is 26.9 Å². The molecule has 0 radical (unpaired) electrons. The average Bonchev–Trinajstić information content (AvgIpc) is 3.39. The van der Waals surface area contributed by atoms with E-state index >= 15 is 0 Å². The Morgan fingerprint density at radius 3 is 2.53 bits per heavy atom. The number of aromatic nitrogens is 2. The number of benzene rings is 2. The molecule has 1 saturated heterocycles. The molecule has 0 saturated carbocycles. The lowest BCUT2D eigenvalue weighted by molar-refractivity contribution is 0.178. The minimum absolute atomic E-state index is 0.0517. The summed E-state index contributed by atoms with van der Waals surface area (Å²) in [5.41, 5.74) is 3.93. The summed E-state index contributed by atoms with van der Waals surface area (Å²) in [5.74, 6) is 6.03. The van der Waals surface area contributed by atoms with Crippen LogP contribution in [0, 0.1) is 11.8 Å². The van der Waals surface area contributed by atoms with Gasteiger partial charge in [0.2, 0.25) is 5.75 Å². The number of hydrogen-bond donors (Lipinski definition) is 3. The number of rotatable bonds is 8. The number of hydrogen-bond acceptors (Lipinski definition) is 6. The lowest BCUT2D eigenvalue weighted by atomic mass is 9.93. The molecule has 4 rings (SSSR count). The van der Waals surface area contributed by atoms with Crippen LogP contribution in [0.2, 0.25) is 0 Å². The molecular weight excluding hydrogens is 430 g/mol. The molecule has 7 nitrogen and oxygen atoms in total. The molecule has 0 aliphatic carbocycles. The van der Waals surface area contributed by atoms with Gasteiger partial charge in [-0.15, -0.1) is 0 Å². The molecule has 3 aromatic rings.